The highest BCUT2D eigenvalue weighted by Crippen LogP contribution is 2.23. The van der Waals surface area contributed by atoms with Gasteiger partial charge < -0.3 is 15.4 Å². The van der Waals surface area contributed by atoms with Crippen molar-refractivity contribution in [2.45, 2.75) is 40.5 Å². The average Bonchev–Trinajstić information content (AvgIpc) is 2.39. The van der Waals surface area contributed by atoms with Crippen LogP contribution in [0.1, 0.15) is 40.5 Å². The van der Waals surface area contributed by atoms with Crippen LogP contribution in [0.25, 0.3) is 0 Å². The van der Waals surface area contributed by atoms with Gasteiger partial charge in [0, 0.05) is 13.1 Å². The van der Waals surface area contributed by atoms with E-state index in [4.69, 9.17) is 10.5 Å². The number of nitrogen functional groups attached to an aromatic ring is 1. The van der Waals surface area contributed by atoms with Crippen LogP contribution in [0, 0.1) is 11.8 Å². The molecule has 0 aromatic carbocycles. The first-order chi connectivity index (χ1) is 9.43. The van der Waals surface area contributed by atoms with Crippen molar-refractivity contribution in [1.82, 2.24) is 4.98 Å². The Balaban J connectivity index is 2.84. The second-order valence-electron chi connectivity index (χ2n) is 6.12. The standard InChI is InChI=1S/C16H29N3O/c1-12(2)8-10-19(11-9-13(3)4)15-7-6-14(17)16(18-15)20-5/h6-7,12-13H,8-11,17H2,1-5H3. The Morgan fingerprint density at radius 1 is 1.10 bits per heavy atom. The van der Waals surface area contributed by atoms with Crippen LogP contribution in [-0.2, 0) is 0 Å². The van der Waals surface area contributed by atoms with Crippen molar-refractivity contribution < 1.29 is 4.74 Å². The van der Waals surface area contributed by atoms with Gasteiger partial charge >= 0.3 is 0 Å². The van der Waals surface area contributed by atoms with Gasteiger partial charge in [0.2, 0.25) is 5.88 Å². The number of pyridine rings is 1. The number of rotatable bonds is 8. The minimum absolute atomic E-state index is 0.515. The van der Waals surface area contributed by atoms with Crippen LogP contribution in [0.3, 0.4) is 0 Å². The van der Waals surface area contributed by atoms with Gasteiger partial charge in [0.25, 0.3) is 0 Å². The van der Waals surface area contributed by atoms with Crippen molar-refractivity contribution in [1.29, 1.82) is 0 Å². The molecule has 0 aliphatic heterocycles. The summed E-state index contributed by atoms with van der Waals surface area (Å²) in [6.45, 7) is 11.0. The molecule has 0 aliphatic carbocycles. The van der Waals surface area contributed by atoms with E-state index in [1.807, 2.05) is 12.1 Å². The van der Waals surface area contributed by atoms with Gasteiger partial charge in [-0.05, 0) is 36.8 Å². The van der Waals surface area contributed by atoms with Gasteiger partial charge in [-0.3, -0.25) is 0 Å². The maximum absolute atomic E-state index is 5.84. The monoisotopic (exact) mass is 279 g/mol. The summed E-state index contributed by atoms with van der Waals surface area (Å²) >= 11 is 0. The highest BCUT2D eigenvalue weighted by atomic mass is 16.5. The summed E-state index contributed by atoms with van der Waals surface area (Å²) in [5, 5.41) is 0. The lowest BCUT2D eigenvalue weighted by atomic mass is 10.1. The lowest BCUT2D eigenvalue weighted by Crippen LogP contribution is -2.28. The van der Waals surface area contributed by atoms with Crippen molar-refractivity contribution in [3.05, 3.63) is 12.1 Å². The first kappa shape index (κ1) is 16.6. The molecule has 0 radical (unpaired) electrons. The molecule has 0 amide bonds. The van der Waals surface area contributed by atoms with E-state index in [2.05, 4.69) is 37.6 Å². The Hall–Kier alpha value is -1.45. The van der Waals surface area contributed by atoms with Crippen molar-refractivity contribution in [3.63, 3.8) is 0 Å². The van der Waals surface area contributed by atoms with Crippen LogP contribution in [0.15, 0.2) is 12.1 Å². The molecule has 1 rings (SSSR count). The Morgan fingerprint density at radius 2 is 1.65 bits per heavy atom. The maximum atomic E-state index is 5.84. The van der Waals surface area contributed by atoms with Crippen LogP contribution in [0.4, 0.5) is 11.5 Å². The molecule has 2 N–H and O–H groups in total. The number of ether oxygens (including phenoxy) is 1. The van der Waals surface area contributed by atoms with E-state index in [1.165, 1.54) is 0 Å². The number of anilines is 2. The zero-order chi connectivity index (χ0) is 15.1. The molecule has 0 fully saturated rings. The first-order valence-electron chi connectivity index (χ1n) is 7.49. The van der Waals surface area contributed by atoms with Crippen LogP contribution in [0.5, 0.6) is 5.88 Å². The molecule has 20 heavy (non-hydrogen) atoms. The number of nitrogens with zero attached hydrogens (tertiary/aromatic N) is 2. The lowest BCUT2D eigenvalue weighted by Gasteiger charge is -2.26. The third-order valence-electron chi connectivity index (χ3n) is 3.35. The van der Waals surface area contributed by atoms with Crippen LogP contribution < -0.4 is 15.4 Å². The van der Waals surface area contributed by atoms with Crippen LogP contribution in [-0.4, -0.2) is 25.2 Å². The molecule has 0 atom stereocenters. The lowest BCUT2D eigenvalue weighted by molar-refractivity contribution is 0.400. The largest absolute Gasteiger partial charge is 0.479 e. The summed E-state index contributed by atoms with van der Waals surface area (Å²) < 4.78 is 5.22. The molecule has 4 heteroatoms. The zero-order valence-corrected chi connectivity index (χ0v) is 13.5. The average molecular weight is 279 g/mol. The SMILES string of the molecule is COc1nc(N(CCC(C)C)CCC(C)C)ccc1N. The molecule has 114 valence electrons. The van der Waals surface area contributed by atoms with E-state index in [9.17, 15) is 0 Å². The summed E-state index contributed by atoms with van der Waals surface area (Å²) in [6.07, 6.45) is 2.32. The summed E-state index contributed by atoms with van der Waals surface area (Å²) in [5.74, 6) is 2.85. The molecular formula is C16H29N3O. The Labute approximate surface area is 123 Å². The maximum Gasteiger partial charge on any atom is 0.238 e. The molecule has 0 aliphatic rings. The Kier molecular flexibility index (Phi) is 6.62. The van der Waals surface area contributed by atoms with Gasteiger partial charge in [-0.2, -0.15) is 4.98 Å². The van der Waals surface area contributed by atoms with Crippen LogP contribution in [0.2, 0.25) is 0 Å². The van der Waals surface area contributed by atoms with E-state index < -0.39 is 0 Å². The van der Waals surface area contributed by atoms with E-state index >= 15 is 0 Å². The van der Waals surface area contributed by atoms with E-state index in [0.29, 0.717) is 23.4 Å². The minimum Gasteiger partial charge on any atom is -0.479 e. The Bertz CT molecular complexity index is 393. The molecule has 0 spiro atoms. The smallest absolute Gasteiger partial charge is 0.238 e. The molecule has 4 nitrogen and oxygen atoms in total. The van der Waals surface area contributed by atoms with Gasteiger partial charge in [0.05, 0.1) is 12.8 Å². The van der Waals surface area contributed by atoms with Gasteiger partial charge in [-0.25, -0.2) is 0 Å². The summed E-state index contributed by atoms with van der Waals surface area (Å²) in [4.78, 5) is 6.86. The highest BCUT2D eigenvalue weighted by Gasteiger charge is 2.12. The number of hydrogen-bond acceptors (Lipinski definition) is 4. The molecule has 1 aromatic heterocycles. The van der Waals surface area contributed by atoms with E-state index in [-0.39, 0.29) is 0 Å². The second kappa shape index (κ2) is 7.98. The summed E-state index contributed by atoms with van der Waals surface area (Å²) in [7, 11) is 1.61. The fourth-order valence-corrected chi connectivity index (χ4v) is 1.95. The van der Waals surface area contributed by atoms with Crippen molar-refractivity contribution >= 4 is 11.5 Å². The predicted octanol–water partition coefficient (Wildman–Crippen LogP) is 3.57. The van der Waals surface area contributed by atoms with Crippen molar-refractivity contribution in [2.24, 2.45) is 11.8 Å². The predicted molar refractivity (Wildman–Crippen MR) is 86.3 cm³/mol. The fraction of sp³-hybridized carbons (Fsp3) is 0.688. The zero-order valence-electron chi connectivity index (χ0n) is 13.5. The molecule has 1 heterocycles. The van der Waals surface area contributed by atoms with E-state index in [0.717, 1.165) is 31.7 Å². The third kappa shape index (κ3) is 5.27. The highest BCUT2D eigenvalue weighted by molar-refractivity contribution is 5.54. The Morgan fingerprint density at radius 3 is 2.10 bits per heavy atom. The second-order valence-corrected chi connectivity index (χ2v) is 6.12. The number of hydrogen-bond donors (Lipinski definition) is 1. The molecular weight excluding hydrogens is 250 g/mol. The molecule has 1 aromatic rings. The van der Waals surface area contributed by atoms with Gasteiger partial charge in [0.15, 0.2) is 0 Å². The molecule has 0 bridgehead atoms. The summed E-state index contributed by atoms with van der Waals surface area (Å²) in [6, 6.07) is 3.86. The van der Waals surface area contributed by atoms with Crippen molar-refractivity contribution in [3.8, 4) is 5.88 Å². The quantitative estimate of drug-likeness (QED) is 0.790. The first-order valence-corrected chi connectivity index (χ1v) is 7.49. The topological polar surface area (TPSA) is 51.4 Å². The normalized spacial score (nSPS) is 11.2. The van der Waals surface area contributed by atoms with Crippen LogP contribution >= 0.6 is 0 Å². The van der Waals surface area contributed by atoms with E-state index in [1.54, 1.807) is 7.11 Å². The van der Waals surface area contributed by atoms with Crippen molar-refractivity contribution in [2.75, 3.05) is 30.8 Å². The number of nitrogens with two attached hydrogens (primary N) is 1. The number of methoxy groups -OCH3 is 1. The van der Waals surface area contributed by atoms with Gasteiger partial charge in [-0.1, -0.05) is 27.7 Å². The third-order valence-corrected chi connectivity index (χ3v) is 3.35. The molecule has 0 saturated heterocycles. The molecule has 0 saturated carbocycles. The van der Waals surface area contributed by atoms with Gasteiger partial charge in [-0.15, -0.1) is 0 Å². The fourth-order valence-electron chi connectivity index (χ4n) is 1.95. The van der Waals surface area contributed by atoms with Gasteiger partial charge in [0.1, 0.15) is 5.82 Å². The number of aromatic nitrogens is 1. The molecule has 0 unspecified atom stereocenters. The minimum atomic E-state index is 0.515. The summed E-state index contributed by atoms with van der Waals surface area (Å²) in [5.41, 5.74) is 6.43.